The Labute approximate surface area is 251 Å². The zero-order valence-corrected chi connectivity index (χ0v) is 24.3. The van der Waals surface area contributed by atoms with Crippen LogP contribution in [0.15, 0.2) is 48.7 Å². The minimum Gasteiger partial charge on any atom is -0.453 e. The van der Waals surface area contributed by atoms with Gasteiger partial charge in [-0.2, -0.15) is 10.2 Å². The lowest BCUT2D eigenvalue weighted by Gasteiger charge is -2.22. The van der Waals surface area contributed by atoms with Crippen LogP contribution in [-0.2, 0) is 9.53 Å². The third-order valence-corrected chi connectivity index (χ3v) is 7.49. The predicted molar refractivity (Wildman–Crippen MR) is 156 cm³/mol. The Morgan fingerprint density at radius 3 is 2.77 bits per heavy atom. The summed E-state index contributed by atoms with van der Waals surface area (Å²) in [6, 6.07) is 10.7. The number of halogens is 2. The second kappa shape index (κ2) is 12.5. The Balaban J connectivity index is 1.48. The van der Waals surface area contributed by atoms with Crippen molar-refractivity contribution in [3.63, 3.8) is 0 Å². The number of hydrogen-bond donors (Lipinski definition) is 3. The van der Waals surface area contributed by atoms with Crippen LogP contribution >= 0.6 is 11.6 Å². The van der Waals surface area contributed by atoms with Crippen LogP contribution < -0.4 is 16.0 Å². The summed E-state index contributed by atoms with van der Waals surface area (Å²) in [5, 5.41) is 24.9. The van der Waals surface area contributed by atoms with Crippen molar-refractivity contribution in [3.8, 4) is 16.8 Å². The van der Waals surface area contributed by atoms with Gasteiger partial charge in [-0.1, -0.05) is 42.3 Å². The molecule has 3 N–H and O–H groups in total. The molecule has 3 amide bonds. The standard InChI is InChI=1S/C29H28ClFN8O4/c1-15-6-4-8-21(34-28(41)26-16(2)39(38-37-26)24-9-5-7-20(30)25(24)31)23-12-17(14-32-36-23)19-11-10-18(33-29(42)43-3)13-22(19)35-27(15)40/h5,7,9-15,21H,4,6,8H2,1-3H3,(H,33,42)(H,34,41)(H,35,40). The summed E-state index contributed by atoms with van der Waals surface area (Å²) in [6.07, 6.45) is 2.48. The number of carbonyl (C=O) groups excluding carboxylic acids is 3. The van der Waals surface area contributed by atoms with Crippen molar-refractivity contribution in [2.75, 3.05) is 17.7 Å². The van der Waals surface area contributed by atoms with Gasteiger partial charge < -0.3 is 15.4 Å². The van der Waals surface area contributed by atoms with Crippen molar-refractivity contribution in [3.05, 3.63) is 76.6 Å². The van der Waals surface area contributed by atoms with Crippen molar-refractivity contribution >= 4 is 40.9 Å². The molecule has 0 spiro atoms. The molecule has 0 aliphatic carbocycles. The Morgan fingerprint density at radius 2 is 1.98 bits per heavy atom. The zero-order chi connectivity index (χ0) is 30.7. The molecule has 2 unspecified atom stereocenters. The average molecular weight is 607 g/mol. The van der Waals surface area contributed by atoms with Gasteiger partial charge in [-0.25, -0.2) is 13.9 Å². The van der Waals surface area contributed by atoms with E-state index in [0.717, 1.165) is 0 Å². The number of benzene rings is 2. The normalized spacial score (nSPS) is 16.6. The topological polar surface area (TPSA) is 153 Å². The maximum absolute atomic E-state index is 14.7. The number of nitrogens with one attached hydrogen (secondary N) is 3. The lowest BCUT2D eigenvalue weighted by Crippen LogP contribution is -2.31. The van der Waals surface area contributed by atoms with E-state index < -0.39 is 23.9 Å². The number of rotatable bonds is 4. The largest absolute Gasteiger partial charge is 0.453 e. The summed E-state index contributed by atoms with van der Waals surface area (Å²) in [5.41, 5.74) is 3.07. The second-order valence-electron chi connectivity index (χ2n) is 10.1. The van der Waals surface area contributed by atoms with E-state index in [0.29, 0.717) is 53.2 Å². The number of ether oxygens (including phenoxy) is 1. The van der Waals surface area contributed by atoms with Crippen LogP contribution in [0.4, 0.5) is 20.6 Å². The number of fused-ring (bicyclic) bond motifs is 4. The Morgan fingerprint density at radius 1 is 1.16 bits per heavy atom. The molecule has 0 radical (unpaired) electrons. The smallest absolute Gasteiger partial charge is 0.411 e. The molecule has 2 bridgehead atoms. The lowest BCUT2D eigenvalue weighted by atomic mass is 9.96. The first kappa shape index (κ1) is 29.6. The van der Waals surface area contributed by atoms with Crippen LogP contribution in [0.1, 0.15) is 54.1 Å². The van der Waals surface area contributed by atoms with Crippen molar-refractivity contribution < 1.29 is 23.5 Å². The lowest BCUT2D eigenvalue weighted by molar-refractivity contribution is -0.119. The fourth-order valence-corrected chi connectivity index (χ4v) is 4.98. The van der Waals surface area contributed by atoms with Gasteiger partial charge in [0.05, 0.1) is 41.4 Å². The highest BCUT2D eigenvalue weighted by molar-refractivity contribution is 6.30. The van der Waals surface area contributed by atoms with Gasteiger partial charge in [0.15, 0.2) is 11.5 Å². The van der Waals surface area contributed by atoms with Crippen LogP contribution in [0.5, 0.6) is 0 Å². The van der Waals surface area contributed by atoms with Crippen LogP contribution in [0, 0.1) is 18.7 Å². The number of anilines is 2. The highest BCUT2D eigenvalue weighted by atomic mass is 35.5. The SMILES string of the molecule is COC(=O)Nc1ccc2c(c1)NC(=O)C(C)CCCC(NC(=O)c1nnn(-c3cccc(Cl)c3F)c1C)c1cc-2cnn1. The summed E-state index contributed by atoms with van der Waals surface area (Å²) < 4.78 is 20.6. The number of methoxy groups -OCH3 is 1. The van der Waals surface area contributed by atoms with Crippen LogP contribution in [0.25, 0.3) is 16.8 Å². The molecule has 43 heavy (non-hydrogen) atoms. The fraction of sp³-hybridized carbons (Fsp3) is 0.276. The van der Waals surface area contributed by atoms with E-state index in [2.05, 4.69) is 41.2 Å². The Kier molecular flexibility index (Phi) is 8.62. The molecule has 2 aromatic heterocycles. The number of amides is 3. The second-order valence-corrected chi connectivity index (χ2v) is 10.5. The molecule has 222 valence electrons. The highest BCUT2D eigenvalue weighted by Gasteiger charge is 2.26. The van der Waals surface area contributed by atoms with E-state index >= 15 is 0 Å². The molecule has 1 aliphatic heterocycles. The first-order valence-corrected chi connectivity index (χ1v) is 13.8. The molecule has 0 fully saturated rings. The third-order valence-electron chi connectivity index (χ3n) is 7.20. The maximum Gasteiger partial charge on any atom is 0.411 e. The fourth-order valence-electron chi connectivity index (χ4n) is 4.81. The van der Waals surface area contributed by atoms with E-state index in [9.17, 15) is 18.8 Å². The molecule has 14 heteroatoms. The van der Waals surface area contributed by atoms with E-state index in [4.69, 9.17) is 11.6 Å². The molecule has 2 atom stereocenters. The number of hydrogen-bond acceptors (Lipinski definition) is 8. The van der Waals surface area contributed by atoms with E-state index in [1.165, 1.54) is 23.9 Å². The average Bonchev–Trinajstić information content (AvgIpc) is 3.38. The molecule has 4 aromatic rings. The maximum atomic E-state index is 14.7. The monoisotopic (exact) mass is 606 g/mol. The molecule has 0 saturated heterocycles. The quantitative estimate of drug-likeness (QED) is 0.285. The summed E-state index contributed by atoms with van der Waals surface area (Å²) >= 11 is 5.93. The minimum atomic E-state index is -0.679. The van der Waals surface area contributed by atoms with Gasteiger partial charge in [-0.3, -0.25) is 14.9 Å². The highest BCUT2D eigenvalue weighted by Crippen LogP contribution is 2.33. The van der Waals surface area contributed by atoms with Gasteiger partial charge in [0.25, 0.3) is 5.91 Å². The minimum absolute atomic E-state index is 0.0123. The van der Waals surface area contributed by atoms with E-state index in [1.54, 1.807) is 43.5 Å². The van der Waals surface area contributed by atoms with Gasteiger partial charge >= 0.3 is 6.09 Å². The Hall–Kier alpha value is -4.91. The first-order valence-electron chi connectivity index (χ1n) is 13.5. The van der Waals surface area contributed by atoms with Crippen molar-refractivity contribution in [2.45, 2.75) is 39.2 Å². The van der Waals surface area contributed by atoms with E-state index in [-0.39, 0.29) is 28.2 Å². The first-order chi connectivity index (χ1) is 20.7. The Bertz CT molecular complexity index is 1710. The summed E-state index contributed by atoms with van der Waals surface area (Å²) in [5.74, 6) is -1.75. The molecule has 3 heterocycles. The van der Waals surface area contributed by atoms with Gasteiger partial charge in [-0.05, 0) is 50.1 Å². The number of aromatic nitrogens is 5. The summed E-state index contributed by atoms with van der Waals surface area (Å²) in [7, 11) is 1.26. The van der Waals surface area contributed by atoms with Gasteiger partial charge in [0, 0.05) is 22.7 Å². The summed E-state index contributed by atoms with van der Waals surface area (Å²) in [4.78, 5) is 38.3. The number of nitrogens with zero attached hydrogens (tertiary/aromatic N) is 5. The molecule has 2 aromatic carbocycles. The molecule has 1 aliphatic rings. The third kappa shape index (κ3) is 6.31. The molecule has 5 rings (SSSR count). The van der Waals surface area contributed by atoms with Crippen LogP contribution in [0.2, 0.25) is 5.02 Å². The predicted octanol–water partition coefficient (Wildman–Crippen LogP) is 5.23. The van der Waals surface area contributed by atoms with Crippen LogP contribution in [-0.4, -0.2) is 50.2 Å². The van der Waals surface area contributed by atoms with Crippen LogP contribution in [0.3, 0.4) is 0 Å². The van der Waals surface area contributed by atoms with Gasteiger partial charge in [0.1, 0.15) is 5.69 Å². The van der Waals surface area contributed by atoms with Crippen molar-refractivity contribution in [1.82, 2.24) is 30.5 Å². The molecular weight excluding hydrogens is 579 g/mol. The number of carbonyl (C=O) groups is 3. The van der Waals surface area contributed by atoms with E-state index in [1.807, 2.05) is 6.92 Å². The van der Waals surface area contributed by atoms with Gasteiger partial charge in [0.2, 0.25) is 5.91 Å². The molecular formula is C29H28ClFN8O4. The van der Waals surface area contributed by atoms with Crippen molar-refractivity contribution in [1.29, 1.82) is 0 Å². The summed E-state index contributed by atoms with van der Waals surface area (Å²) in [6.45, 7) is 3.43. The van der Waals surface area contributed by atoms with Gasteiger partial charge in [-0.15, -0.1) is 5.10 Å². The molecule has 12 nitrogen and oxygen atoms in total. The zero-order valence-electron chi connectivity index (χ0n) is 23.5. The molecule has 0 saturated carbocycles. The van der Waals surface area contributed by atoms with Crippen molar-refractivity contribution in [2.24, 2.45) is 5.92 Å².